The molecule has 1 unspecified atom stereocenters. The lowest BCUT2D eigenvalue weighted by atomic mass is 10.0. The summed E-state index contributed by atoms with van der Waals surface area (Å²) in [6, 6.07) is 11.2. The van der Waals surface area contributed by atoms with Crippen molar-refractivity contribution in [3.8, 4) is 11.8 Å². The molecule has 1 aliphatic heterocycles. The van der Waals surface area contributed by atoms with Gasteiger partial charge in [0.15, 0.2) is 0 Å². The number of amides is 2. The molecule has 1 heterocycles. The van der Waals surface area contributed by atoms with E-state index in [1.807, 2.05) is 19.1 Å². The summed E-state index contributed by atoms with van der Waals surface area (Å²) in [7, 11) is 1.26. The van der Waals surface area contributed by atoms with Gasteiger partial charge in [0.25, 0.3) is 11.8 Å². The van der Waals surface area contributed by atoms with Crippen molar-refractivity contribution in [3.63, 3.8) is 0 Å². The highest BCUT2D eigenvalue weighted by Gasteiger charge is 2.32. The Morgan fingerprint density at radius 1 is 1.17 bits per heavy atom. The van der Waals surface area contributed by atoms with E-state index >= 15 is 0 Å². The molecule has 0 fully saturated rings. The van der Waals surface area contributed by atoms with Gasteiger partial charge in [-0.15, -0.1) is 5.53 Å². The van der Waals surface area contributed by atoms with Crippen LogP contribution >= 0.6 is 0 Å². The summed E-state index contributed by atoms with van der Waals surface area (Å²) in [6.45, 7) is 2.24. The standard InChI is InChI=1S/C24H25F3N6O3/c1-3-15-4-6-16(7-5-15)19(13-28)30-23(35)20-14-33(32-31-20)11-10-29-22(34)18-12-17(24(25,26)27)8-9-21(18)36-2/h4-9,12,14,19,31-32H,3,10-11H2,1-2H3,(H,29,34)(H,30,35). The number of nitrogens with one attached hydrogen (secondary N) is 4. The number of hydrogen-bond acceptors (Lipinski definition) is 7. The number of hydrazine groups is 2. The highest BCUT2D eigenvalue weighted by molar-refractivity contribution is 5.97. The van der Waals surface area contributed by atoms with Crippen molar-refractivity contribution >= 4 is 11.8 Å². The molecule has 0 saturated heterocycles. The van der Waals surface area contributed by atoms with Crippen LogP contribution in [0.2, 0.25) is 0 Å². The molecule has 4 N–H and O–H groups in total. The van der Waals surface area contributed by atoms with Crippen LogP contribution in [-0.4, -0.2) is 37.0 Å². The largest absolute Gasteiger partial charge is 0.496 e. The average molecular weight is 502 g/mol. The monoisotopic (exact) mass is 502 g/mol. The molecule has 0 spiro atoms. The Kier molecular flexibility index (Phi) is 8.39. The van der Waals surface area contributed by atoms with E-state index in [1.54, 1.807) is 12.1 Å². The van der Waals surface area contributed by atoms with E-state index in [2.05, 4.69) is 27.7 Å². The van der Waals surface area contributed by atoms with E-state index in [0.717, 1.165) is 30.2 Å². The molecule has 3 rings (SSSR count). The fourth-order valence-electron chi connectivity index (χ4n) is 3.38. The van der Waals surface area contributed by atoms with Gasteiger partial charge in [-0.2, -0.15) is 18.4 Å². The number of methoxy groups -OCH3 is 1. The molecule has 0 bridgehead atoms. The zero-order valence-corrected chi connectivity index (χ0v) is 19.6. The number of ether oxygens (including phenoxy) is 1. The van der Waals surface area contributed by atoms with Crippen molar-refractivity contribution in [2.45, 2.75) is 25.6 Å². The van der Waals surface area contributed by atoms with Crippen molar-refractivity contribution in [3.05, 3.63) is 76.6 Å². The highest BCUT2D eigenvalue weighted by Crippen LogP contribution is 2.32. The van der Waals surface area contributed by atoms with Gasteiger partial charge in [0.05, 0.1) is 30.9 Å². The molecule has 0 aromatic heterocycles. The third-order valence-corrected chi connectivity index (χ3v) is 5.40. The topological polar surface area (TPSA) is 119 Å². The van der Waals surface area contributed by atoms with Crippen molar-refractivity contribution in [1.82, 2.24) is 26.6 Å². The van der Waals surface area contributed by atoms with E-state index in [0.29, 0.717) is 5.56 Å². The summed E-state index contributed by atoms with van der Waals surface area (Å²) >= 11 is 0. The number of benzene rings is 2. The third-order valence-electron chi connectivity index (χ3n) is 5.40. The predicted octanol–water partition coefficient (Wildman–Crippen LogP) is 2.55. The summed E-state index contributed by atoms with van der Waals surface area (Å²) in [6.07, 6.45) is -2.30. The predicted molar refractivity (Wildman–Crippen MR) is 124 cm³/mol. The van der Waals surface area contributed by atoms with Crippen molar-refractivity contribution in [2.75, 3.05) is 20.2 Å². The minimum atomic E-state index is -4.60. The van der Waals surface area contributed by atoms with Gasteiger partial charge < -0.3 is 15.4 Å². The van der Waals surface area contributed by atoms with Crippen molar-refractivity contribution in [2.24, 2.45) is 0 Å². The lowest BCUT2D eigenvalue weighted by Gasteiger charge is -2.16. The summed E-state index contributed by atoms with van der Waals surface area (Å²) < 4.78 is 44.0. The van der Waals surface area contributed by atoms with Gasteiger partial charge in [-0.1, -0.05) is 31.2 Å². The molecule has 0 saturated carbocycles. The fraction of sp³-hybridized carbons (Fsp3) is 0.292. The summed E-state index contributed by atoms with van der Waals surface area (Å²) in [4.78, 5) is 25.0. The van der Waals surface area contributed by atoms with Crippen molar-refractivity contribution < 1.29 is 27.5 Å². The maximum atomic E-state index is 13.0. The van der Waals surface area contributed by atoms with Crippen LogP contribution in [0.15, 0.2) is 54.4 Å². The van der Waals surface area contributed by atoms with E-state index in [-0.39, 0.29) is 30.1 Å². The van der Waals surface area contributed by atoms with Gasteiger partial charge in [-0.05, 0) is 35.7 Å². The number of carbonyl (C=O) groups is 2. The van der Waals surface area contributed by atoms with Crippen LogP contribution in [0.1, 0.15) is 40.0 Å². The van der Waals surface area contributed by atoms with Crippen molar-refractivity contribution in [1.29, 1.82) is 5.26 Å². The Labute approximate surface area is 205 Å². The lowest BCUT2D eigenvalue weighted by molar-refractivity contribution is -0.137. The SMILES string of the molecule is CCc1ccc(C(C#N)NC(=O)C2=CN(CCNC(=O)c3cc(C(F)(F)F)ccc3OC)NN2)cc1. The number of nitrogens with zero attached hydrogens (tertiary/aromatic N) is 2. The molecule has 2 aromatic carbocycles. The minimum absolute atomic E-state index is 0.0108. The molecule has 0 radical (unpaired) electrons. The molecule has 1 atom stereocenters. The number of aryl methyl sites for hydroxylation is 1. The number of alkyl halides is 3. The van der Waals surface area contributed by atoms with Gasteiger partial charge in [-0.3, -0.25) is 20.0 Å². The van der Waals surface area contributed by atoms with Gasteiger partial charge in [-0.25, -0.2) is 0 Å². The summed E-state index contributed by atoms with van der Waals surface area (Å²) in [5.74, 6) is -1.25. The molecule has 9 nitrogen and oxygen atoms in total. The molecular formula is C24H25F3N6O3. The number of rotatable bonds is 9. The van der Waals surface area contributed by atoms with Gasteiger partial charge in [0.1, 0.15) is 17.5 Å². The fourth-order valence-corrected chi connectivity index (χ4v) is 3.38. The summed E-state index contributed by atoms with van der Waals surface area (Å²) in [5.41, 5.74) is 6.10. The molecule has 36 heavy (non-hydrogen) atoms. The zero-order chi connectivity index (χ0) is 26.3. The zero-order valence-electron chi connectivity index (χ0n) is 19.6. The first-order chi connectivity index (χ1) is 17.2. The van der Waals surface area contributed by atoms with Gasteiger partial charge in [0, 0.05) is 12.7 Å². The van der Waals surface area contributed by atoms with Crippen LogP contribution in [0.4, 0.5) is 13.2 Å². The summed E-state index contributed by atoms with van der Waals surface area (Å²) in [5, 5.41) is 16.1. The molecule has 190 valence electrons. The molecule has 1 aliphatic rings. The van der Waals surface area contributed by atoms with Crippen LogP contribution in [0.25, 0.3) is 0 Å². The lowest BCUT2D eigenvalue weighted by Crippen LogP contribution is -2.42. The van der Waals surface area contributed by atoms with E-state index in [4.69, 9.17) is 4.74 Å². The number of halogens is 3. The Bertz CT molecular complexity index is 1180. The first-order valence-corrected chi connectivity index (χ1v) is 11.0. The first kappa shape index (κ1) is 26.4. The number of nitriles is 1. The second-order valence-corrected chi connectivity index (χ2v) is 7.77. The molecular weight excluding hydrogens is 477 g/mol. The molecule has 2 aromatic rings. The Balaban J connectivity index is 1.55. The van der Waals surface area contributed by atoms with Gasteiger partial charge in [0.2, 0.25) is 0 Å². The van der Waals surface area contributed by atoms with E-state index in [1.165, 1.54) is 18.3 Å². The van der Waals surface area contributed by atoms with E-state index < -0.39 is 29.6 Å². The third kappa shape index (κ3) is 6.45. The second kappa shape index (κ2) is 11.5. The smallest absolute Gasteiger partial charge is 0.416 e. The maximum absolute atomic E-state index is 13.0. The first-order valence-electron chi connectivity index (χ1n) is 11.0. The average Bonchev–Trinajstić information content (AvgIpc) is 3.35. The van der Waals surface area contributed by atoms with E-state index in [9.17, 15) is 28.0 Å². The van der Waals surface area contributed by atoms with Crippen LogP contribution in [0, 0.1) is 11.3 Å². The van der Waals surface area contributed by atoms with Crippen LogP contribution in [0.5, 0.6) is 5.75 Å². The maximum Gasteiger partial charge on any atom is 0.416 e. The van der Waals surface area contributed by atoms with Gasteiger partial charge >= 0.3 is 6.18 Å². The minimum Gasteiger partial charge on any atom is -0.496 e. The Morgan fingerprint density at radius 2 is 1.89 bits per heavy atom. The normalized spacial score (nSPS) is 13.8. The van der Waals surface area contributed by atoms with Crippen LogP contribution < -0.4 is 26.3 Å². The Morgan fingerprint density at radius 3 is 2.50 bits per heavy atom. The van der Waals surface area contributed by atoms with Crippen LogP contribution in [0.3, 0.4) is 0 Å². The molecule has 2 amide bonds. The highest BCUT2D eigenvalue weighted by atomic mass is 19.4. The number of hydrogen-bond donors (Lipinski definition) is 4. The quantitative estimate of drug-likeness (QED) is 0.416. The number of carbonyl (C=O) groups excluding carboxylic acids is 2. The Hall–Kier alpha value is -4.24. The van der Waals surface area contributed by atoms with Crippen LogP contribution in [-0.2, 0) is 17.4 Å². The molecule has 0 aliphatic carbocycles. The second-order valence-electron chi connectivity index (χ2n) is 7.77. The molecule has 12 heteroatoms.